The van der Waals surface area contributed by atoms with Crippen molar-refractivity contribution in [1.82, 2.24) is 0 Å². The second-order valence-corrected chi connectivity index (χ2v) is 5.15. The first kappa shape index (κ1) is 12.6. The Kier molecular flexibility index (Phi) is 5.02. The average molecular weight is 233 g/mol. The highest BCUT2D eigenvalue weighted by atomic mass is 16.5. The van der Waals surface area contributed by atoms with E-state index in [4.69, 9.17) is 10.5 Å². The normalized spacial score (nSPS) is 18.4. The zero-order valence-electron chi connectivity index (χ0n) is 10.5. The van der Waals surface area contributed by atoms with E-state index in [9.17, 15) is 0 Å². The molecule has 1 aliphatic rings. The van der Waals surface area contributed by atoms with Crippen LogP contribution in [0, 0.1) is 5.92 Å². The Labute approximate surface area is 104 Å². The van der Waals surface area contributed by atoms with Gasteiger partial charge in [-0.15, -0.1) is 0 Å². The van der Waals surface area contributed by atoms with Crippen LogP contribution in [0.4, 0.5) is 0 Å². The summed E-state index contributed by atoms with van der Waals surface area (Å²) in [6.07, 6.45) is 6.65. The molecule has 1 aliphatic carbocycles. The largest absolute Gasteiger partial charge is 0.375 e. The third kappa shape index (κ3) is 4.49. The fraction of sp³-hybridized carbons (Fsp3) is 0.600. The number of nitrogens with two attached hydrogens (primary N) is 1. The van der Waals surface area contributed by atoms with Crippen LogP contribution in [0.5, 0.6) is 0 Å². The zero-order chi connectivity index (χ0) is 11.9. The van der Waals surface area contributed by atoms with Gasteiger partial charge in [0.2, 0.25) is 0 Å². The van der Waals surface area contributed by atoms with Gasteiger partial charge in [0.15, 0.2) is 0 Å². The van der Waals surface area contributed by atoms with Crippen molar-refractivity contribution in [3.05, 3.63) is 35.9 Å². The molecule has 94 valence electrons. The predicted molar refractivity (Wildman–Crippen MR) is 70.6 cm³/mol. The maximum atomic E-state index is 6.09. The molecule has 1 atom stereocenters. The summed E-state index contributed by atoms with van der Waals surface area (Å²) >= 11 is 0. The molecule has 1 fully saturated rings. The molecule has 0 spiro atoms. The number of hydrogen-bond acceptors (Lipinski definition) is 2. The minimum absolute atomic E-state index is 0.210. The lowest BCUT2D eigenvalue weighted by atomic mass is 9.99. The molecule has 2 rings (SSSR count). The summed E-state index contributed by atoms with van der Waals surface area (Å²) in [5.74, 6) is 0.852. The molecule has 0 heterocycles. The van der Waals surface area contributed by atoms with Crippen molar-refractivity contribution < 1.29 is 4.74 Å². The fourth-order valence-electron chi connectivity index (χ4n) is 2.64. The summed E-state index contributed by atoms with van der Waals surface area (Å²) in [4.78, 5) is 0. The SMILES string of the molecule is NC(COCc1ccccc1)CC1CCCC1. The smallest absolute Gasteiger partial charge is 0.0717 e. The number of ether oxygens (including phenoxy) is 1. The van der Waals surface area contributed by atoms with E-state index in [1.165, 1.54) is 31.2 Å². The molecule has 1 unspecified atom stereocenters. The van der Waals surface area contributed by atoms with Crippen molar-refractivity contribution in [2.45, 2.75) is 44.8 Å². The second-order valence-electron chi connectivity index (χ2n) is 5.15. The van der Waals surface area contributed by atoms with E-state index in [1.54, 1.807) is 0 Å². The van der Waals surface area contributed by atoms with Crippen LogP contribution >= 0.6 is 0 Å². The highest BCUT2D eigenvalue weighted by Crippen LogP contribution is 2.28. The summed E-state index contributed by atoms with van der Waals surface area (Å²) in [6, 6.07) is 10.5. The first-order valence-electron chi connectivity index (χ1n) is 6.72. The Hall–Kier alpha value is -0.860. The summed E-state index contributed by atoms with van der Waals surface area (Å²) in [5, 5.41) is 0. The highest BCUT2D eigenvalue weighted by Gasteiger charge is 2.17. The minimum Gasteiger partial charge on any atom is -0.375 e. The predicted octanol–water partition coefficient (Wildman–Crippen LogP) is 3.11. The Morgan fingerprint density at radius 2 is 1.88 bits per heavy atom. The molecule has 1 aromatic rings. The number of benzene rings is 1. The van der Waals surface area contributed by atoms with Crippen molar-refractivity contribution in [3.63, 3.8) is 0 Å². The van der Waals surface area contributed by atoms with Crippen molar-refractivity contribution >= 4 is 0 Å². The van der Waals surface area contributed by atoms with E-state index in [-0.39, 0.29) is 6.04 Å². The number of hydrogen-bond donors (Lipinski definition) is 1. The summed E-state index contributed by atoms with van der Waals surface area (Å²) in [7, 11) is 0. The fourth-order valence-corrected chi connectivity index (χ4v) is 2.64. The van der Waals surface area contributed by atoms with Crippen molar-refractivity contribution in [3.8, 4) is 0 Å². The molecule has 2 N–H and O–H groups in total. The average Bonchev–Trinajstić information content (AvgIpc) is 2.83. The third-order valence-electron chi connectivity index (χ3n) is 3.55. The van der Waals surface area contributed by atoms with Gasteiger partial charge < -0.3 is 10.5 Å². The van der Waals surface area contributed by atoms with E-state index in [0.29, 0.717) is 13.2 Å². The van der Waals surface area contributed by atoms with Crippen LogP contribution in [0.3, 0.4) is 0 Å². The second kappa shape index (κ2) is 6.77. The standard InChI is InChI=1S/C15H23NO/c16-15(10-13-6-4-5-7-13)12-17-11-14-8-2-1-3-9-14/h1-3,8-9,13,15H,4-7,10-12,16H2. The van der Waals surface area contributed by atoms with Crippen molar-refractivity contribution in [1.29, 1.82) is 0 Å². The van der Waals surface area contributed by atoms with Gasteiger partial charge in [-0.05, 0) is 17.9 Å². The first-order chi connectivity index (χ1) is 8.34. The molecule has 1 saturated carbocycles. The van der Waals surface area contributed by atoms with Gasteiger partial charge in [0, 0.05) is 6.04 Å². The Bertz CT molecular complexity index is 306. The van der Waals surface area contributed by atoms with Gasteiger partial charge in [0.25, 0.3) is 0 Å². The van der Waals surface area contributed by atoms with Crippen LogP contribution in [0.1, 0.15) is 37.7 Å². The molecule has 0 radical (unpaired) electrons. The molecule has 0 amide bonds. The zero-order valence-corrected chi connectivity index (χ0v) is 10.5. The molecule has 0 aliphatic heterocycles. The third-order valence-corrected chi connectivity index (χ3v) is 3.55. The molecule has 17 heavy (non-hydrogen) atoms. The molecule has 0 saturated heterocycles. The quantitative estimate of drug-likeness (QED) is 0.819. The summed E-state index contributed by atoms with van der Waals surface area (Å²) < 4.78 is 5.67. The minimum atomic E-state index is 0.210. The van der Waals surface area contributed by atoms with Crippen LogP contribution in [0.2, 0.25) is 0 Å². The highest BCUT2D eigenvalue weighted by molar-refractivity contribution is 5.13. The molecule has 1 aromatic carbocycles. The van der Waals surface area contributed by atoms with Crippen LogP contribution < -0.4 is 5.73 Å². The lowest BCUT2D eigenvalue weighted by Crippen LogP contribution is -2.28. The van der Waals surface area contributed by atoms with Crippen LogP contribution in [-0.4, -0.2) is 12.6 Å². The van der Waals surface area contributed by atoms with Crippen LogP contribution in [0.15, 0.2) is 30.3 Å². The molecular weight excluding hydrogens is 210 g/mol. The van der Waals surface area contributed by atoms with Crippen LogP contribution in [-0.2, 0) is 11.3 Å². The Morgan fingerprint density at radius 3 is 2.59 bits per heavy atom. The molecule has 0 bridgehead atoms. The monoisotopic (exact) mass is 233 g/mol. The van der Waals surface area contributed by atoms with Crippen molar-refractivity contribution in [2.24, 2.45) is 11.7 Å². The number of rotatable bonds is 6. The van der Waals surface area contributed by atoms with E-state index < -0.39 is 0 Å². The van der Waals surface area contributed by atoms with Crippen LogP contribution in [0.25, 0.3) is 0 Å². The maximum Gasteiger partial charge on any atom is 0.0717 e. The van der Waals surface area contributed by atoms with E-state index in [1.807, 2.05) is 18.2 Å². The molecule has 0 aromatic heterocycles. The maximum absolute atomic E-state index is 6.09. The Balaban J connectivity index is 1.61. The van der Waals surface area contributed by atoms with Gasteiger partial charge in [-0.25, -0.2) is 0 Å². The van der Waals surface area contributed by atoms with Crippen molar-refractivity contribution in [2.75, 3.05) is 6.61 Å². The van der Waals surface area contributed by atoms with Gasteiger partial charge in [0.05, 0.1) is 13.2 Å². The van der Waals surface area contributed by atoms with E-state index in [0.717, 1.165) is 12.3 Å². The first-order valence-corrected chi connectivity index (χ1v) is 6.72. The summed E-state index contributed by atoms with van der Waals surface area (Å²) in [6.45, 7) is 1.37. The summed E-state index contributed by atoms with van der Waals surface area (Å²) in [5.41, 5.74) is 7.32. The van der Waals surface area contributed by atoms with Gasteiger partial charge in [0.1, 0.15) is 0 Å². The Morgan fingerprint density at radius 1 is 1.18 bits per heavy atom. The molecular formula is C15H23NO. The molecule has 2 nitrogen and oxygen atoms in total. The molecule has 2 heteroatoms. The lowest BCUT2D eigenvalue weighted by Gasteiger charge is -2.16. The van der Waals surface area contributed by atoms with E-state index in [2.05, 4.69) is 12.1 Å². The topological polar surface area (TPSA) is 35.2 Å². The van der Waals surface area contributed by atoms with Gasteiger partial charge in [-0.3, -0.25) is 0 Å². The van der Waals surface area contributed by atoms with Gasteiger partial charge in [-0.2, -0.15) is 0 Å². The van der Waals surface area contributed by atoms with E-state index >= 15 is 0 Å². The van der Waals surface area contributed by atoms with Gasteiger partial charge in [-0.1, -0.05) is 56.0 Å². The lowest BCUT2D eigenvalue weighted by molar-refractivity contribution is 0.102. The van der Waals surface area contributed by atoms with Gasteiger partial charge >= 0.3 is 0 Å².